The standard InChI is InChI=1S/C19H27NO3/c21-17(15-4-2-1-3-5-15)18(10-11-18)14-20-16-6-8-19(9-7-16)22-12-13-23-19/h1-5,16-17,20-21H,6-14H2. The van der Waals surface area contributed by atoms with Crippen LogP contribution in [0.2, 0.25) is 0 Å². The lowest BCUT2D eigenvalue weighted by atomic mass is 9.88. The van der Waals surface area contributed by atoms with Gasteiger partial charge in [0.2, 0.25) is 0 Å². The third-order valence-corrected chi connectivity index (χ3v) is 5.89. The lowest BCUT2D eigenvalue weighted by Gasteiger charge is -2.36. The highest BCUT2D eigenvalue weighted by Crippen LogP contribution is 2.54. The van der Waals surface area contributed by atoms with Crippen LogP contribution in [-0.2, 0) is 9.47 Å². The minimum absolute atomic E-state index is 0.0385. The summed E-state index contributed by atoms with van der Waals surface area (Å²) in [6.07, 6.45) is 6.03. The zero-order valence-electron chi connectivity index (χ0n) is 13.7. The maximum Gasteiger partial charge on any atom is 0.168 e. The zero-order valence-corrected chi connectivity index (χ0v) is 13.7. The molecule has 0 aromatic heterocycles. The molecule has 1 heterocycles. The fourth-order valence-electron chi connectivity index (χ4n) is 4.09. The van der Waals surface area contributed by atoms with Crippen LogP contribution in [0.5, 0.6) is 0 Å². The van der Waals surface area contributed by atoms with Gasteiger partial charge >= 0.3 is 0 Å². The van der Waals surface area contributed by atoms with E-state index in [1.807, 2.05) is 30.3 Å². The highest BCUT2D eigenvalue weighted by molar-refractivity contribution is 5.22. The second kappa shape index (κ2) is 6.17. The van der Waals surface area contributed by atoms with E-state index in [1.165, 1.54) is 0 Å². The summed E-state index contributed by atoms with van der Waals surface area (Å²) in [5.41, 5.74) is 1.08. The number of rotatable bonds is 5. The Balaban J connectivity index is 1.29. The van der Waals surface area contributed by atoms with E-state index in [0.29, 0.717) is 6.04 Å². The van der Waals surface area contributed by atoms with E-state index in [0.717, 1.165) is 63.8 Å². The Morgan fingerprint density at radius 1 is 1.04 bits per heavy atom. The zero-order chi connectivity index (χ0) is 15.8. The number of hydrogen-bond donors (Lipinski definition) is 2. The van der Waals surface area contributed by atoms with Gasteiger partial charge in [0, 0.05) is 30.8 Å². The Hall–Kier alpha value is -0.940. The van der Waals surface area contributed by atoms with Gasteiger partial charge in [-0.1, -0.05) is 30.3 Å². The molecule has 0 radical (unpaired) electrons. The average Bonchev–Trinajstić information content (AvgIpc) is 3.27. The fraction of sp³-hybridized carbons (Fsp3) is 0.684. The van der Waals surface area contributed by atoms with Crippen molar-refractivity contribution in [1.82, 2.24) is 5.32 Å². The number of ether oxygens (including phenoxy) is 2. The molecular formula is C19H27NO3. The molecule has 3 fully saturated rings. The van der Waals surface area contributed by atoms with Gasteiger partial charge in [-0.3, -0.25) is 0 Å². The molecule has 1 unspecified atom stereocenters. The van der Waals surface area contributed by atoms with Crippen molar-refractivity contribution in [2.45, 2.75) is 56.5 Å². The van der Waals surface area contributed by atoms with Crippen LogP contribution in [0.15, 0.2) is 30.3 Å². The molecular weight excluding hydrogens is 290 g/mol. The van der Waals surface area contributed by atoms with Crippen LogP contribution >= 0.6 is 0 Å². The smallest absolute Gasteiger partial charge is 0.168 e. The van der Waals surface area contributed by atoms with Gasteiger partial charge in [-0.2, -0.15) is 0 Å². The van der Waals surface area contributed by atoms with E-state index in [-0.39, 0.29) is 17.3 Å². The van der Waals surface area contributed by atoms with Crippen LogP contribution in [0.4, 0.5) is 0 Å². The molecule has 4 heteroatoms. The average molecular weight is 317 g/mol. The molecule has 1 aromatic rings. The first-order valence-electron chi connectivity index (χ1n) is 8.96. The molecule has 126 valence electrons. The predicted octanol–water partition coefficient (Wildman–Crippen LogP) is 2.78. The highest BCUT2D eigenvalue weighted by Gasteiger charge is 2.49. The Kier molecular flexibility index (Phi) is 4.18. The van der Waals surface area contributed by atoms with Crippen molar-refractivity contribution in [3.05, 3.63) is 35.9 Å². The first kappa shape index (κ1) is 15.6. The minimum Gasteiger partial charge on any atom is -0.388 e. The van der Waals surface area contributed by atoms with Crippen LogP contribution in [0.1, 0.15) is 50.2 Å². The van der Waals surface area contributed by atoms with Gasteiger partial charge in [-0.15, -0.1) is 0 Å². The summed E-state index contributed by atoms with van der Waals surface area (Å²) >= 11 is 0. The summed E-state index contributed by atoms with van der Waals surface area (Å²) in [5, 5.41) is 14.4. The Labute approximate surface area is 138 Å². The molecule has 2 saturated carbocycles. The minimum atomic E-state index is -0.354. The van der Waals surface area contributed by atoms with Crippen molar-refractivity contribution < 1.29 is 14.6 Å². The molecule has 0 bridgehead atoms. The van der Waals surface area contributed by atoms with Crippen LogP contribution < -0.4 is 5.32 Å². The van der Waals surface area contributed by atoms with Crippen LogP contribution in [0.25, 0.3) is 0 Å². The Bertz CT molecular complexity index is 513. The molecule has 4 nitrogen and oxygen atoms in total. The molecule has 1 spiro atoms. The summed E-state index contributed by atoms with van der Waals surface area (Å²) in [5.74, 6) is -0.279. The SMILES string of the molecule is OC(c1ccccc1)C1(CNC2CCC3(CC2)OCCO3)CC1. The van der Waals surface area contributed by atoms with Crippen molar-refractivity contribution in [2.24, 2.45) is 5.41 Å². The van der Waals surface area contributed by atoms with Crippen LogP contribution in [0.3, 0.4) is 0 Å². The number of aliphatic hydroxyl groups excluding tert-OH is 1. The van der Waals surface area contributed by atoms with Gasteiger partial charge in [0.05, 0.1) is 19.3 Å². The normalized spacial score (nSPS) is 27.2. The molecule has 1 saturated heterocycles. The molecule has 23 heavy (non-hydrogen) atoms. The van der Waals surface area contributed by atoms with E-state index < -0.39 is 0 Å². The first-order valence-corrected chi connectivity index (χ1v) is 8.96. The Morgan fingerprint density at radius 3 is 2.30 bits per heavy atom. The van der Waals surface area contributed by atoms with Gasteiger partial charge in [0.1, 0.15) is 0 Å². The molecule has 1 aliphatic heterocycles. The van der Waals surface area contributed by atoms with Crippen molar-refractivity contribution >= 4 is 0 Å². The number of hydrogen-bond acceptors (Lipinski definition) is 4. The van der Waals surface area contributed by atoms with Crippen LogP contribution in [0, 0.1) is 5.41 Å². The monoisotopic (exact) mass is 317 g/mol. The van der Waals surface area contributed by atoms with E-state index in [1.54, 1.807) is 0 Å². The second-order valence-electron chi connectivity index (χ2n) is 7.44. The molecule has 2 aliphatic carbocycles. The summed E-state index contributed by atoms with van der Waals surface area (Å²) in [4.78, 5) is 0. The quantitative estimate of drug-likeness (QED) is 0.877. The van der Waals surface area contributed by atoms with Gasteiger partial charge in [-0.25, -0.2) is 0 Å². The lowest BCUT2D eigenvalue weighted by molar-refractivity contribution is -0.179. The third kappa shape index (κ3) is 3.18. The molecule has 1 aromatic carbocycles. The maximum absolute atomic E-state index is 10.7. The van der Waals surface area contributed by atoms with Crippen LogP contribution in [-0.4, -0.2) is 36.7 Å². The van der Waals surface area contributed by atoms with E-state index in [9.17, 15) is 5.11 Å². The van der Waals surface area contributed by atoms with E-state index >= 15 is 0 Å². The number of aliphatic hydroxyl groups is 1. The van der Waals surface area contributed by atoms with Crippen molar-refractivity contribution in [3.8, 4) is 0 Å². The van der Waals surface area contributed by atoms with Gasteiger partial charge in [-0.05, 0) is 31.2 Å². The largest absolute Gasteiger partial charge is 0.388 e. The predicted molar refractivity (Wildman–Crippen MR) is 88.0 cm³/mol. The lowest BCUT2D eigenvalue weighted by Crippen LogP contribution is -2.44. The Morgan fingerprint density at radius 2 is 1.70 bits per heavy atom. The number of nitrogens with one attached hydrogen (secondary N) is 1. The van der Waals surface area contributed by atoms with E-state index in [4.69, 9.17) is 9.47 Å². The topological polar surface area (TPSA) is 50.7 Å². The van der Waals surface area contributed by atoms with Gasteiger partial charge in [0.15, 0.2) is 5.79 Å². The first-order chi connectivity index (χ1) is 11.2. The van der Waals surface area contributed by atoms with Crippen molar-refractivity contribution in [2.75, 3.05) is 19.8 Å². The van der Waals surface area contributed by atoms with Crippen molar-refractivity contribution in [1.29, 1.82) is 0 Å². The molecule has 2 N–H and O–H groups in total. The highest BCUT2D eigenvalue weighted by atomic mass is 16.7. The fourth-order valence-corrected chi connectivity index (χ4v) is 4.09. The second-order valence-corrected chi connectivity index (χ2v) is 7.44. The summed E-state index contributed by atoms with van der Waals surface area (Å²) in [6.45, 7) is 2.39. The maximum atomic E-state index is 10.7. The number of benzene rings is 1. The molecule has 0 amide bonds. The molecule has 1 atom stereocenters. The summed E-state index contributed by atoms with van der Waals surface area (Å²) in [7, 11) is 0. The summed E-state index contributed by atoms with van der Waals surface area (Å²) < 4.78 is 11.6. The third-order valence-electron chi connectivity index (χ3n) is 5.89. The molecule has 3 aliphatic rings. The molecule has 4 rings (SSSR count). The summed E-state index contributed by atoms with van der Waals surface area (Å²) in [6, 6.07) is 10.6. The van der Waals surface area contributed by atoms with E-state index in [2.05, 4.69) is 5.32 Å². The van der Waals surface area contributed by atoms with Gasteiger partial charge < -0.3 is 19.9 Å². The van der Waals surface area contributed by atoms with Crippen molar-refractivity contribution in [3.63, 3.8) is 0 Å². The van der Waals surface area contributed by atoms with Gasteiger partial charge in [0.25, 0.3) is 0 Å².